The lowest BCUT2D eigenvalue weighted by Gasteiger charge is -2.24. The number of para-hydroxylation sites is 1. The summed E-state index contributed by atoms with van der Waals surface area (Å²) in [6.07, 6.45) is 4.05. The smallest absolute Gasteiger partial charge is 0.127 e. The number of fused-ring (bicyclic) bond motifs is 1. The first-order valence-corrected chi connectivity index (χ1v) is 8.26. The van der Waals surface area contributed by atoms with Crippen LogP contribution in [0, 0.1) is 0 Å². The molecule has 1 aromatic rings. The molecule has 1 heterocycles. The van der Waals surface area contributed by atoms with Gasteiger partial charge >= 0.3 is 0 Å². The van der Waals surface area contributed by atoms with Crippen LogP contribution >= 0.6 is 0 Å². The lowest BCUT2D eigenvalue weighted by atomic mass is 9.94. The lowest BCUT2D eigenvalue weighted by molar-refractivity contribution is 0.272. The molecule has 0 radical (unpaired) electrons. The van der Waals surface area contributed by atoms with Crippen LogP contribution in [0.4, 0.5) is 0 Å². The second-order valence-corrected chi connectivity index (χ2v) is 6.40. The molecular formula is C18H29NO2. The summed E-state index contributed by atoms with van der Waals surface area (Å²) in [6.45, 7) is 7.72. The molecule has 118 valence electrons. The van der Waals surface area contributed by atoms with E-state index in [1.54, 1.807) is 0 Å². The molecule has 2 rings (SSSR count). The number of hydrogen-bond donors (Lipinski definition) is 2. The van der Waals surface area contributed by atoms with Gasteiger partial charge in [-0.05, 0) is 44.1 Å². The van der Waals surface area contributed by atoms with Crippen molar-refractivity contribution in [2.45, 2.75) is 64.5 Å². The summed E-state index contributed by atoms with van der Waals surface area (Å²) in [5, 5.41) is 12.7. The van der Waals surface area contributed by atoms with E-state index in [0.29, 0.717) is 18.0 Å². The van der Waals surface area contributed by atoms with Crippen LogP contribution in [0.25, 0.3) is 0 Å². The minimum atomic E-state index is 0.272. The summed E-state index contributed by atoms with van der Waals surface area (Å²) in [7, 11) is 0. The standard InChI is InChI=1S/C18H29NO2/c1-13(2)15-8-4-9-16-17(10-6-12-21-18(15)16)19-14(3)7-5-11-20/h4,8-9,13-14,17,19-20H,5-7,10-12H2,1-3H3. The van der Waals surface area contributed by atoms with Crippen molar-refractivity contribution < 1.29 is 9.84 Å². The van der Waals surface area contributed by atoms with Crippen LogP contribution in [0.15, 0.2) is 18.2 Å². The molecule has 0 fully saturated rings. The van der Waals surface area contributed by atoms with Gasteiger partial charge in [-0.15, -0.1) is 0 Å². The van der Waals surface area contributed by atoms with E-state index in [9.17, 15) is 0 Å². The van der Waals surface area contributed by atoms with Crippen molar-refractivity contribution >= 4 is 0 Å². The molecule has 3 nitrogen and oxygen atoms in total. The van der Waals surface area contributed by atoms with E-state index in [4.69, 9.17) is 9.84 Å². The van der Waals surface area contributed by atoms with Gasteiger partial charge in [0.1, 0.15) is 5.75 Å². The van der Waals surface area contributed by atoms with Crippen LogP contribution in [0.1, 0.15) is 69.5 Å². The fraction of sp³-hybridized carbons (Fsp3) is 0.667. The van der Waals surface area contributed by atoms with Gasteiger partial charge in [0.15, 0.2) is 0 Å². The highest BCUT2D eigenvalue weighted by molar-refractivity contribution is 5.45. The zero-order valence-corrected chi connectivity index (χ0v) is 13.6. The Labute approximate surface area is 128 Å². The van der Waals surface area contributed by atoms with E-state index in [0.717, 1.165) is 38.0 Å². The number of rotatable bonds is 6. The number of aliphatic hydroxyl groups excluding tert-OH is 1. The number of nitrogens with one attached hydrogen (secondary N) is 1. The summed E-state index contributed by atoms with van der Waals surface area (Å²) >= 11 is 0. The van der Waals surface area contributed by atoms with Gasteiger partial charge < -0.3 is 15.2 Å². The fourth-order valence-electron chi connectivity index (χ4n) is 3.08. The molecule has 0 saturated carbocycles. The highest BCUT2D eigenvalue weighted by atomic mass is 16.5. The molecule has 0 saturated heterocycles. The Morgan fingerprint density at radius 2 is 2.14 bits per heavy atom. The Morgan fingerprint density at radius 3 is 2.86 bits per heavy atom. The Kier molecular flexibility index (Phi) is 6.07. The number of ether oxygens (including phenoxy) is 1. The van der Waals surface area contributed by atoms with Crippen molar-refractivity contribution in [3.63, 3.8) is 0 Å². The topological polar surface area (TPSA) is 41.5 Å². The van der Waals surface area contributed by atoms with Crippen LogP contribution in [-0.2, 0) is 0 Å². The normalized spacial score (nSPS) is 19.8. The van der Waals surface area contributed by atoms with Crippen molar-refractivity contribution in [1.82, 2.24) is 5.32 Å². The van der Waals surface area contributed by atoms with Gasteiger partial charge in [0.25, 0.3) is 0 Å². The summed E-state index contributed by atoms with van der Waals surface area (Å²) in [4.78, 5) is 0. The van der Waals surface area contributed by atoms with E-state index in [-0.39, 0.29) is 6.61 Å². The quantitative estimate of drug-likeness (QED) is 0.838. The molecule has 21 heavy (non-hydrogen) atoms. The maximum atomic E-state index is 8.97. The number of benzene rings is 1. The minimum Gasteiger partial charge on any atom is -0.493 e. The number of hydrogen-bond acceptors (Lipinski definition) is 3. The third-order valence-corrected chi connectivity index (χ3v) is 4.24. The predicted molar refractivity (Wildman–Crippen MR) is 86.9 cm³/mol. The maximum Gasteiger partial charge on any atom is 0.127 e. The van der Waals surface area contributed by atoms with E-state index in [1.165, 1.54) is 11.1 Å². The molecule has 0 aromatic heterocycles. The molecule has 1 aliphatic rings. The zero-order chi connectivity index (χ0) is 15.2. The van der Waals surface area contributed by atoms with Crippen LogP contribution in [0.2, 0.25) is 0 Å². The molecule has 2 unspecified atom stereocenters. The largest absolute Gasteiger partial charge is 0.493 e. The Morgan fingerprint density at radius 1 is 1.33 bits per heavy atom. The van der Waals surface area contributed by atoms with Gasteiger partial charge in [0, 0.05) is 24.3 Å². The van der Waals surface area contributed by atoms with E-state index in [1.807, 2.05) is 0 Å². The third-order valence-electron chi connectivity index (χ3n) is 4.24. The average Bonchev–Trinajstić information content (AvgIpc) is 2.67. The van der Waals surface area contributed by atoms with Crippen molar-refractivity contribution in [3.05, 3.63) is 29.3 Å². The third kappa shape index (κ3) is 4.21. The van der Waals surface area contributed by atoms with Crippen molar-refractivity contribution in [1.29, 1.82) is 0 Å². The summed E-state index contributed by atoms with van der Waals surface area (Å²) in [5.74, 6) is 1.57. The van der Waals surface area contributed by atoms with E-state index >= 15 is 0 Å². The van der Waals surface area contributed by atoms with Crippen molar-refractivity contribution in [2.24, 2.45) is 0 Å². The van der Waals surface area contributed by atoms with Crippen LogP contribution in [-0.4, -0.2) is 24.4 Å². The highest BCUT2D eigenvalue weighted by Gasteiger charge is 2.23. The molecular weight excluding hydrogens is 262 g/mol. The van der Waals surface area contributed by atoms with Gasteiger partial charge in [-0.1, -0.05) is 32.0 Å². The summed E-state index contributed by atoms with van der Waals surface area (Å²) in [6, 6.07) is 7.30. The molecule has 1 aromatic carbocycles. The van der Waals surface area contributed by atoms with Crippen LogP contribution < -0.4 is 10.1 Å². The first kappa shape index (κ1) is 16.3. The van der Waals surface area contributed by atoms with Gasteiger partial charge in [-0.2, -0.15) is 0 Å². The van der Waals surface area contributed by atoms with Crippen molar-refractivity contribution in [2.75, 3.05) is 13.2 Å². The molecule has 0 amide bonds. The molecule has 2 N–H and O–H groups in total. The predicted octanol–water partition coefficient (Wildman–Crippen LogP) is 3.77. The van der Waals surface area contributed by atoms with Gasteiger partial charge in [0.05, 0.1) is 6.61 Å². The first-order chi connectivity index (χ1) is 10.1. The second-order valence-electron chi connectivity index (χ2n) is 6.40. The van der Waals surface area contributed by atoms with Gasteiger partial charge in [0.2, 0.25) is 0 Å². The first-order valence-electron chi connectivity index (χ1n) is 8.26. The molecule has 3 heteroatoms. The van der Waals surface area contributed by atoms with E-state index in [2.05, 4.69) is 44.3 Å². The maximum absolute atomic E-state index is 8.97. The highest BCUT2D eigenvalue weighted by Crippen LogP contribution is 2.37. The summed E-state index contributed by atoms with van der Waals surface area (Å²) in [5.41, 5.74) is 2.61. The van der Waals surface area contributed by atoms with Gasteiger partial charge in [-0.25, -0.2) is 0 Å². The number of aliphatic hydroxyl groups is 1. The van der Waals surface area contributed by atoms with Crippen LogP contribution in [0.5, 0.6) is 5.75 Å². The Bertz CT molecular complexity index is 445. The molecule has 0 spiro atoms. The zero-order valence-electron chi connectivity index (χ0n) is 13.6. The minimum absolute atomic E-state index is 0.272. The Hall–Kier alpha value is -1.06. The molecule has 2 atom stereocenters. The van der Waals surface area contributed by atoms with Crippen molar-refractivity contribution in [3.8, 4) is 5.75 Å². The second kappa shape index (κ2) is 7.81. The Balaban J connectivity index is 2.20. The van der Waals surface area contributed by atoms with Gasteiger partial charge in [-0.3, -0.25) is 0 Å². The monoisotopic (exact) mass is 291 g/mol. The average molecular weight is 291 g/mol. The van der Waals surface area contributed by atoms with E-state index < -0.39 is 0 Å². The van der Waals surface area contributed by atoms with Crippen LogP contribution in [0.3, 0.4) is 0 Å². The fourth-order valence-corrected chi connectivity index (χ4v) is 3.08. The summed E-state index contributed by atoms with van der Waals surface area (Å²) < 4.78 is 6.05. The lowest BCUT2D eigenvalue weighted by Crippen LogP contribution is -2.30. The SMILES string of the molecule is CC(CCCO)NC1CCCOc2c(C(C)C)cccc21. The molecule has 0 bridgehead atoms. The molecule has 1 aliphatic heterocycles. The molecule has 0 aliphatic carbocycles.